The molecule has 86 valence electrons. The average Bonchev–Trinajstić information content (AvgIpc) is 2.53. The van der Waals surface area contributed by atoms with Crippen molar-refractivity contribution >= 4 is 18.2 Å². The maximum Gasteiger partial charge on any atom is 0.168 e. The first-order chi connectivity index (χ1) is 7.18. The van der Waals surface area contributed by atoms with Crippen molar-refractivity contribution < 1.29 is 4.39 Å². The van der Waals surface area contributed by atoms with Crippen molar-refractivity contribution in [3.05, 3.63) is 41.3 Å². The van der Waals surface area contributed by atoms with E-state index in [1.165, 1.54) is 6.07 Å². The smallest absolute Gasteiger partial charge is 0.168 e. The zero-order valence-electron chi connectivity index (χ0n) is 8.72. The van der Waals surface area contributed by atoms with Crippen LogP contribution in [0.4, 0.5) is 10.2 Å². The molecule has 0 aliphatic heterocycles. The third-order valence-corrected chi connectivity index (χ3v) is 2.30. The van der Waals surface area contributed by atoms with Crippen molar-refractivity contribution in [3.63, 3.8) is 0 Å². The average molecular weight is 243 g/mol. The van der Waals surface area contributed by atoms with Gasteiger partial charge >= 0.3 is 0 Å². The second-order valence-electron chi connectivity index (χ2n) is 3.31. The van der Waals surface area contributed by atoms with Crippen LogP contribution in [0.15, 0.2) is 24.3 Å². The molecule has 2 aromatic rings. The number of halogens is 2. The van der Waals surface area contributed by atoms with E-state index in [1.807, 2.05) is 0 Å². The molecule has 0 saturated heterocycles. The van der Waals surface area contributed by atoms with E-state index >= 15 is 0 Å². The van der Waals surface area contributed by atoms with Gasteiger partial charge < -0.3 is 5.73 Å². The zero-order chi connectivity index (χ0) is 10.8. The van der Waals surface area contributed by atoms with Crippen LogP contribution in [-0.4, -0.2) is 15.0 Å². The summed E-state index contributed by atoms with van der Waals surface area (Å²) in [6, 6.07) is 6.58. The maximum absolute atomic E-state index is 13.3. The van der Waals surface area contributed by atoms with Crippen LogP contribution in [0.25, 0.3) is 0 Å². The first kappa shape index (κ1) is 12.4. The highest BCUT2D eigenvalue weighted by Gasteiger charge is 2.07. The first-order valence-electron chi connectivity index (χ1n) is 4.57. The maximum atomic E-state index is 13.3. The van der Waals surface area contributed by atoms with Crippen LogP contribution in [0.1, 0.15) is 11.3 Å². The van der Waals surface area contributed by atoms with E-state index in [0.717, 1.165) is 5.69 Å². The molecule has 0 atom stereocenters. The minimum absolute atomic E-state index is 0. The molecule has 2 N–H and O–H groups in total. The molecule has 16 heavy (non-hydrogen) atoms. The van der Waals surface area contributed by atoms with Gasteiger partial charge in [0.1, 0.15) is 5.82 Å². The Morgan fingerprint density at radius 2 is 2.06 bits per heavy atom. The fourth-order valence-corrected chi connectivity index (χ4v) is 1.31. The van der Waals surface area contributed by atoms with E-state index < -0.39 is 0 Å². The summed E-state index contributed by atoms with van der Waals surface area (Å²) in [6.45, 7) is 2.15. The number of anilines is 1. The Kier molecular flexibility index (Phi) is 3.84. The van der Waals surface area contributed by atoms with Crippen molar-refractivity contribution in [2.45, 2.75) is 13.5 Å². The number of benzene rings is 1. The van der Waals surface area contributed by atoms with Crippen molar-refractivity contribution in [3.8, 4) is 0 Å². The molecule has 0 saturated carbocycles. The lowest BCUT2D eigenvalue weighted by Crippen LogP contribution is -2.05. The number of rotatable bonds is 2. The molecule has 1 aromatic carbocycles. The van der Waals surface area contributed by atoms with Crippen LogP contribution < -0.4 is 5.73 Å². The van der Waals surface area contributed by atoms with Gasteiger partial charge in [-0.25, -0.2) is 9.07 Å². The summed E-state index contributed by atoms with van der Waals surface area (Å²) in [5, 5.41) is 7.54. The number of nitrogens with zero attached hydrogens (tertiary/aromatic N) is 3. The van der Waals surface area contributed by atoms with Crippen LogP contribution in [0.2, 0.25) is 0 Å². The van der Waals surface area contributed by atoms with Crippen LogP contribution in [0, 0.1) is 12.7 Å². The van der Waals surface area contributed by atoms with Gasteiger partial charge in [-0.2, -0.15) is 0 Å². The molecular weight excluding hydrogens is 231 g/mol. The molecule has 2 rings (SSSR count). The third-order valence-electron chi connectivity index (χ3n) is 2.30. The number of hydrogen-bond donors (Lipinski definition) is 1. The molecule has 6 heteroatoms. The zero-order valence-corrected chi connectivity index (χ0v) is 9.54. The van der Waals surface area contributed by atoms with Gasteiger partial charge in [0.15, 0.2) is 5.82 Å². The molecule has 0 aliphatic carbocycles. The molecule has 1 aromatic heterocycles. The fraction of sp³-hybridized carbons (Fsp3) is 0.200. The molecule has 0 aliphatic rings. The van der Waals surface area contributed by atoms with E-state index in [0.29, 0.717) is 17.9 Å². The van der Waals surface area contributed by atoms with Gasteiger partial charge in [-0.1, -0.05) is 23.4 Å². The Labute approximate surface area is 98.7 Å². The molecule has 0 amide bonds. The van der Waals surface area contributed by atoms with E-state index in [1.54, 1.807) is 29.8 Å². The Morgan fingerprint density at radius 1 is 1.38 bits per heavy atom. The van der Waals surface area contributed by atoms with Crippen molar-refractivity contribution in [1.82, 2.24) is 15.0 Å². The predicted molar refractivity (Wildman–Crippen MR) is 61.9 cm³/mol. The number of nitrogens with two attached hydrogens (primary N) is 1. The van der Waals surface area contributed by atoms with Crippen LogP contribution >= 0.6 is 12.4 Å². The highest BCUT2D eigenvalue weighted by atomic mass is 35.5. The van der Waals surface area contributed by atoms with Gasteiger partial charge in [0.2, 0.25) is 0 Å². The monoisotopic (exact) mass is 242 g/mol. The Bertz CT molecular complexity index is 483. The summed E-state index contributed by atoms with van der Waals surface area (Å²) < 4.78 is 14.9. The normalized spacial score (nSPS) is 9.88. The topological polar surface area (TPSA) is 56.7 Å². The van der Waals surface area contributed by atoms with Crippen molar-refractivity contribution in [1.29, 1.82) is 0 Å². The van der Waals surface area contributed by atoms with E-state index in [-0.39, 0.29) is 18.2 Å². The lowest BCUT2D eigenvalue weighted by Gasteiger charge is -2.04. The number of nitrogen functional groups attached to an aromatic ring is 1. The summed E-state index contributed by atoms with van der Waals surface area (Å²) >= 11 is 0. The van der Waals surface area contributed by atoms with Gasteiger partial charge in [-0.05, 0) is 13.0 Å². The van der Waals surface area contributed by atoms with Gasteiger partial charge in [0, 0.05) is 5.56 Å². The van der Waals surface area contributed by atoms with Gasteiger partial charge in [0.05, 0.1) is 12.2 Å². The molecule has 1 heterocycles. The minimum Gasteiger partial charge on any atom is -0.381 e. The molecule has 4 nitrogen and oxygen atoms in total. The summed E-state index contributed by atoms with van der Waals surface area (Å²) in [6.07, 6.45) is 0. The first-order valence-corrected chi connectivity index (χ1v) is 4.57. The second kappa shape index (κ2) is 4.94. The van der Waals surface area contributed by atoms with E-state index in [4.69, 9.17) is 5.73 Å². The van der Waals surface area contributed by atoms with Crippen LogP contribution in [0.5, 0.6) is 0 Å². The lowest BCUT2D eigenvalue weighted by molar-refractivity contribution is 0.571. The Balaban J connectivity index is 0.00000128. The van der Waals surface area contributed by atoms with Gasteiger partial charge in [-0.3, -0.25) is 0 Å². The Hall–Kier alpha value is -1.62. The van der Waals surface area contributed by atoms with E-state index in [2.05, 4.69) is 10.3 Å². The number of hydrogen-bond acceptors (Lipinski definition) is 3. The molecule has 0 radical (unpaired) electrons. The van der Waals surface area contributed by atoms with Gasteiger partial charge in [0.25, 0.3) is 0 Å². The molecule has 0 spiro atoms. The summed E-state index contributed by atoms with van der Waals surface area (Å²) in [4.78, 5) is 0. The van der Waals surface area contributed by atoms with Crippen molar-refractivity contribution in [2.24, 2.45) is 0 Å². The van der Waals surface area contributed by atoms with E-state index in [9.17, 15) is 4.39 Å². The molecule has 0 fully saturated rings. The quantitative estimate of drug-likeness (QED) is 0.873. The summed E-state index contributed by atoms with van der Waals surface area (Å²) in [5.41, 5.74) is 6.87. The predicted octanol–water partition coefficient (Wildman–Crippen LogP) is 1.78. The highest BCUT2D eigenvalue weighted by molar-refractivity contribution is 5.85. The fourth-order valence-electron chi connectivity index (χ4n) is 1.31. The lowest BCUT2D eigenvalue weighted by atomic mass is 10.2. The number of aromatic nitrogens is 3. The largest absolute Gasteiger partial charge is 0.381 e. The molecule has 0 unspecified atom stereocenters. The SMILES string of the molecule is Cc1c(N)nnn1Cc1ccccc1F.Cl. The van der Waals surface area contributed by atoms with Crippen LogP contribution in [-0.2, 0) is 6.54 Å². The third kappa shape index (κ3) is 2.30. The molecule has 0 bridgehead atoms. The van der Waals surface area contributed by atoms with Crippen molar-refractivity contribution in [2.75, 3.05) is 5.73 Å². The summed E-state index contributed by atoms with van der Waals surface area (Å²) in [7, 11) is 0. The minimum atomic E-state index is -0.244. The summed E-state index contributed by atoms with van der Waals surface area (Å²) in [5.74, 6) is 0.136. The standard InChI is InChI=1S/C10H11FN4.ClH/c1-7-10(12)13-14-15(7)6-8-4-2-3-5-9(8)11;/h2-5H,6,12H2,1H3;1H. The van der Waals surface area contributed by atoms with Gasteiger partial charge in [-0.15, -0.1) is 17.5 Å². The second-order valence-corrected chi connectivity index (χ2v) is 3.31. The molecular formula is C10H12ClFN4. The highest BCUT2D eigenvalue weighted by Crippen LogP contribution is 2.11. The van der Waals surface area contributed by atoms with Crippen LogP contribution in [0.3, 0.4) is 0 Å². The Morgan fingerprint density at radius 3 is 2.62 bits per heavy atom.